The SMILES string of the molecule is CC/C=C\C/C=C\C/C=C\C/C=C\C/C=C\C/C=C\CCCCC(=O)OCC. The lowest BCUT2D eigenvalue weighted by atomic mass is 10.2. The van der Waals surface area contributed by atoms with Crippen LogP contribution in [0.4, 0.5) is 0 Å². The number of carbonyl (C=O) groups excluding carboxylic acids is 1. The molecule has 0 saturated carbocycles. The summed E-state index contributed by atoms with van der Waals surface area (Å²) in [5.74, 6) is -0.0785. The van der Waals surface area contributed by atoms with Crippen LogP contribution in [-0.2, 0) is 9.53 Å². The van der Waals surface area contributed by atoms with E-state index < -0.39 is 0 Å². The van der Waals surface area contributed by atoms with Gasteiger partial charge in [0.2, 0.25) is 0 Å². The van der Waals surface area contributed by atoms with Crippen LogP contribution in [-0.4, -0.2) is 12.6 Å². The second kappa shape index (κ2) is 23.0. The molecular formula is C26H40O2. The topological polar surface area (TPSA) is 26.3 Å². The van der Waals surface area contributed by atoms with Crippen LogP contribution in [0, 0.1) is 0 Å². The molecule has 0 unspecified atom stereocenters. The fourth-order valence-corrected chi connectivity index (χ4v) is 2.40. The summed E-state index contributed by atoms with van der Waals surface area (Å²) in [6.07, 6.45) is 36.2. The second-order valence-corrected chi connectivity index (χ2v) is 6.47. The van der Waals surface area contributed by atoms with E-state index in [0.29, 0.717) is 13.0 Å². The number of unbranched alkanes of at least 4 members (excludes halogenated alkanes) is 2. The molecule has 0 heterocycles. The zero-order valence-electron chi connectivity index (χ0n) is 18.0. The first kappa shape index (κ1) is 25.9. The molecule has 0 aliphatic carbocycles. The summed E-state index contributed by atoms with van der Waals surface area (Å²) in [6.45, 7) is 4.48. The molecule has 0 aromatic rings. The molecular weight excluding hydrogens is 344 g/mol. The van der Waals surface area contributed by atoms with E-state index in [0.717, 1.165) is 57.8 Å². The van der Waals surface area contributed by atoms with Gasteiger partial charge in [0.05, 0.1) is 6.61 Å². The van der Waals surface area contributed by atoms with Gasteiger partial charge in [-0.2, -0.15) is 0 Å². The molecule has 0 spiro atoms. The average Bonchev–Trinajstić information content (AvgIpc) is 2.69. The van der Waals surface area contributed by atoms with Gasteiger partial charge in [0.25, 0.3) is 0 Å². The average molecular weight is 385 g/mol. The number of esters is 1. The molecule has 0 aliphatic rings. The van der Waals surface area contributed by atoms with Crippen LogP contribution < -0.4 is 0 Å². The molecule has 0 atom stereocenters. The smallest absolute Gasteiger partial charge is 0.305 e. The third-order valence-corrected chi connectivity index (χ3v) is 3.90. The Labute approximate surface area is 173 Å². The molecule has 0 amide bonds. The summed E-state index contributed by atoms with van der Waals surface area (Å²) < 4.78 is 4.91. The largest absolute Gasteiger partial charge is 0.466 e. The van der Waals surface area contributed by atoms with Crippen molar-refractivity contribution in [3.63, 3.8) is 0 Å². The minimum atomic E-state index is -0.0785. The summed E-state index contributed by atoms with van der Waals surface area (Å²) >= 11 is 0. The predicted octanol–water partition coefficient (Wildman–Crippen LogP) is 7.81. The number of hydrogen-bond donors (Lipinski definition) is 0. The monoisotopic (exact) mass is 384 g/mol. The van der Waals surface area contributed by atoms with Crippen LogP contribution in [0.15, 0.2) is 72.9 Å². The van der Waals surface area contributed by atoms with Crippen molar-refractivity contribution >= 4 is 5.97 Å². The molecule has 0 saturated heterocycles. The van der Waals surface area contributed by atoms with E-state index in [2.05, 4.69) is 79.8 Å². The highest BCUT2D eigenvalue weighted by molar-refractivity contribution is 5.69. The summed E-state index contributed by atoms with van der Waals surface area (Å²) in [5, 5.41) is 0. The Kier molecular flexibility index (Phi) is 21.2. The lowest BCUT2D eigenvalue weighted by Gasteiger charge is -1.99. The van der Waals surface area contributed by atoms with Gasteiger partial charge in [-0.1, -0.05) is 79.8 Å². The van der Waals surface area contributed by atoms with Crippen molar-refractivity contribution in [1.82, 2.24) is 0 Å². The van der Waals surface area contributed by atoms with E-state index in [9.17, 15) is 4.79 Å². The van der Waals surface area contributed by atoms with Crippen molar-refractivity contribution in [2.24, 2.45) is 0 Å². The van der Waals surface area contributed by atoms with Crippen molar-refractivity contribution in [2.45, 2.75) is 78.1 Å². The summed E-state index contributed by atoms with van der Waals surface area (Å²) in [5.41, 5.74) is 0. The molecule has 0 aliphatic heterocycles. The summed E-state index contributed by atoms with van der Waals surface area (Å²) in [7, 11) is 0. The van der Waals surface area contributed by atoms with E-state index in [1.165, 1.54) is 0 Å². The molecule has 0 bridgehead atoms. The van der Waals surface area contributed by atoms with Crippen LogP contribution in [0.1, 0.15) is 78.1 Å². The Morgan fingerprint density at radius 1 is 0.607 bits per heavy atom. The highest BCUT2D eigenvalue weighted by Crippen LogP contribution is 2.03. The van der Waals surface area contributed by atoms with Crippen molar-refractivity contribution in [2.75, 3.05) is 6.61 Å². The van der Waals surface area contributed by atoms with E-state index in [4.69, 9.17) is 4.74 Å². The van der Waals surface area contributed by atoms with E-state index in [1.807, 2.05) is 6.92 Å². The zero-order valence-corrected chi connectivity index (χ0v) is 18.0. The molecule has 2 heteroatoms. The fourth-order valence-electron chi connectivity index (χ4n) is 2.40. The minimum absolute atomic E-state index is 0.0785. The lowest BCUT2D eigenvalue weighted by molar-refractivity contribution is -0.143. The maximum atomic E-state index is 11.2. The lowest BCUT2D eigenvalue weighted by Crippen LogP contribution is -2.02. The van der Waals surface area contributed by atoms with Crippen molar-refractivity contribution in [3.8, 4) is 0 Å². The Bertz CT molecular complexity index is 519. The number of allylic oxidation sites excluding steroid dienone is 12. The van der Waals surface area contributed by atoms with Gasteiger partial charge in [0.15, 0.2) is 0 Å². The molecule has 0 aromatic carbocycles. The Balaban J connectivity index is 3.50. The van der Waals surface area contributed by atoms with E-state index in [1.54, 1.807) is 0 Å². The molecule has 28 heavy (non-hydrogen) atoms. The van der Waals surface area contributed by atoms with Gasteiger partial charge in [-0.3, -0.25) is 4.79 Å². The molecule has 0 fully saturated rings. The van der Waals surface area contributed by atoms with Gasteiger partial charge in [-0.25, -0.2) is 0 Å². The molecule has 0 radical (unpaired) electrons. The summed E-state index contributed by atoms with van der Waals surface area (Å²) in [6, 6.07) is 0. The van der Waals surface area contributed by atoms with E-state index in [-0.39, 0.29) is 5.97 Å². The number of hydrogen-bond acceptors (Lipinski definition) is 2. The third kappa shape index (κ3) is 22.0. The van der Waals surface area contributed by atoms with Gasteiger partial charge in [-0.15, -0.1) is 0 Å². The highest BCUT2D eigenvalue weighted by Gasteiger charge is 1.99. The van der Waals surface area contributed by atoms with Crippen molar-refractivity contribution in [3.05, 3.63) is 72.9 Å². The van der Waals surface area contributed by atoms with Crippen LogP contribution in [0.5, 0.6) is 0 Å². The second-order valence-electron chi connectivity index (χ2n) is 6.47. The van der Waals surface area contributed by atoms with Gasteiger partial charge in [-0.05, 0) is 64.7 Å². The van der Waals surface area contributed by atoms with Crippen LogP contribution in [0.25, 0.3) is 0 Å². The normalized spacial score (nSPS) is 12.8. The van der Waals surface area contributed by atoms with Crippen LogP contribution >= 0.6 is 0 Å². The standard InChI is InChI=1S/C26H40O2/c1-3-5-6-7-8-9-10-11-12-13-14-15-16-17-18-19-20-21-22-23-24-25-26(27)28-4-2/h5-6,8-9,11-12,14-15,17-18,20-21H,3-4,7,10,13,16,19,22-25H2,1-2H3/b6-5-,9-8-,12-11-,15-14-,18-17-,21-20-. The quantitative estimate of drug-likeness (QED) is 0.145. The third-order valence-electron chi connectivity index (χ3n) is 3.90. The molecule has 2 nitrogen and oxygen atoms in total. The Hall–Kier alpha value is -2.09. The maximum absolute atomic E-state index is 11.2. The van der Waals surface area contributed by atoms with Crippen LogP contribution in [0.2, 0.25) is 0 Å². The van der Waals surface area contributed by atoms with Crippen molar-refractivity contribution < 1.29 is 9.53 Å². The number of ether oxygens (including phenoxy) is 1. The maximum Gasteiger partial charge on any atom is 0.305 e. The summed E-state index contributed by atoms with van der Waals surface area (Å²) in [4.78, 5) is 11.2. The van der Waals surface area contributed by atoms with Gasteiger partial charge in [0.1, 0.15) is 0 Å². The first-order chi connectivity index (χ1) is 13.8. The Morgan fingerprint density at radius 2 is 1.04 bits per heavy atom. The fraction of sp³-hybridized carbons (Fsp3) is 0.500. The highest BCUT2D eigenvalue weighted by atomic mass is 16.5. The van der Waals surface area contributed by atoms with Crippen LogP contribution in [0.3, 0.4) is 0 Å². The molecule has 0 aromatic heterocycles. The Morgan fingerprint density at radius 3 is 1.46 bits per heavy atom. The number of rotatable bonds is 17. The van der Waals surface area contributed by atoms with Gasteiger partial charge < -0.3 is 4.74 Å². The van der Waals surface area contributed by atoms with Crippen molar-refractivity contribution in [1.29, 1.82) is 0 Å². The predicted molar refractivity (Wildman–Crippen MR) is 123 cm³/mol. The van der Waals surface area contributed by atoms with Gasteiger partial charge >= 0.3 is 5.97 Å². The zero-order chi connectivity index (χ0) is 20.5. The first-order valence-electron chi connectivity index (χ1n) is 10.9. The molecule has 156 valence electrons. The first-order valence-corrected chi connectivity index (χ1v) is 10.9. The molecule has 0 rings (SSSR count). The number of carbonyl (C=O) groups is 1. The minimum Gasteiger partial charge on any atom is -0.466 e. The van der Waals surface area contributed by atoms with E-state index >= 15 is 0 Å². The molecule has 0 N–H and O–H groups in total. The van der Waals surface area contributed by atoms with Gasteiger partial charge in [0, 0.05) is 6.42 Å².